The SMILES string of the molecule is CN1CC(CC#N)N(c2ccc(C#N)cc2)C(C)(C)C1. The highest BCUT2D eigenvalue weighted by Gasteiger charge is 2.38. The Morgan fingerprint density at radius 3 is 2.45 bits per heavy atom. The van der Waals surface area contributed by atoms with E-state index < -0.39 is 0 Å². The minimum absolute atomic E-state index is 0.0390. The molecule has 0 saturated carbocycles. The van der Waals surface area contributed by atoms with Crippen molar-refractivity contribution < 1.29 is 0 Å². The van der Waals surface area contributed by atoms with Crippen LogP contribution in [-0.4, -0.2) is 36.6 Å². The van der Waals surface area contributed by atoms with E-state index in [0.717, 1.165) is 18.8 Å². The molecule has 1 fully saturated rings. The molecule has 0 spiro atoms. The Kier molecular flexibility index (Phi) is 3.97. The smallest absolute Gasteiger partial charge is 0.0991 e. The molecular formula is C16H20N4. The maximum Gasteiger partial charge on any atom is 0.0991 e. The predicted octanol–water partition coefficient (Wildman–Crippen LogP) is 2.37. The molecule has 0 aromatic heterocycles. The van der Waals surface area contributed by atoms with Crippen LogP contribution in [0.25, 0.3) is 0 Å². The Bertz CT molecular complexity index is 547. The highest BCUT2D eigenvalue weighted by molar-refractivity contribution is 5.53. The lowest BCUT2D eigenvalue weighted by Crippen LogP contribution is -2.63. The van der Waals surface area contributed by atoms with Crippen LogP contribution >= 0.6 is 0 Å². The molecule has 0 N–H and O–H groups in total. The third kappa shape index (κ3) is 2.76. The van der Waals surface area contributed by atoms with E-state index in [-0.39, 0.29) is 11.6 Å². The number of likely N-dealkylation sites (N-methyl/N-ethyl adjacent to an activating group) is 1. The molecule has 1 heterocycles. The fraction of sp³-hybridized carbons (Fsp3) is 0.500. The summed E-state index contributed by atoms with van der Waals surface area (Å²) < 4.78 is 0. The second kappa shape index (κ2) is 5.53. The van der Waals surface area contributed by atoms with E-state index in [1.807, 2.05) is 24.3 Å². The van der Waals surface area contributed by atoms with Crippen LogP contribution < -0.4 is 4.90 Å². The molecule has 1 atom stereocenters. The van der Waals surface area contributed by atoms with Gasteiger partial charge in [0.15, 0.2) is 0 Å². The molecule has 1 aliphatic rings. The number of hydrogen-bond acceptors (Lipinski definition) is 4. The number of piperazine rings is 1. The van der Waals surface area contributed by atoms with Crippen LogP contribution in [-0.2, 0) is 0 Å². The fourth-order valence-corrected chi connectivity index (χ4v) is 3.26. The monoisotopic (exact) mass is 268 g/mol. The standard InChI is InChI=1S/C16H20N4/c1-16(2)12-19(3)11-15(8-9-17)20(16)14-6-4-13(10-18)5-7-14/h4-7,15H,8,11-12H2,1-3H3. The van der Waals surface area contributed by atoms with Gasteiger partial charge in [0.05, 0.1) is 30.2 Å². The highest BCUT2D eigenvalue weighted by Crippen LogP contribution is 2.32. The summed E-state index contributed by atoms with van der Waals surface area (Å²) in [5.74, 6) is 0. The van der Waals surface area contributed by atoms with Gasteiger partial charge in [-0.25, -0.2) is 0 Å². The fourth-order valence-electron chi connectivity index (χ4n) is 3.26. The highest BCUT2D eigenvalue weighted by atomic mass is 15.3. The first-order chi connectivity index (χ1) is 9.47. The zero-order chi connectivity index (χ0) is 14.8. The van der Waals surface area contributed by atoms with Gasteiger partial charge in [-0.2, -0.15) is 10.5 Å². The van der Waals surface area contributed by atoms with Crippen molar-refractivity contribution in [1.82, 2.24) is 4.90 Å². The number of nitriles is 2. The molecule has 1 unspecified atom stereocenters. The van der Waals surface area contributed by atoms with Crippen LogP contribution in [0.15, 0.2) is 24.3 Å². The summed E-state index contributed by atoms with van der Waals surface area (Å²) in [6.07, 6.45) is 0.508. The molecule has 4 heteroatoms. The molecule has 104 valence electrons. The Labute approximate surface area is 120 Å². The second-order valence-electron chi connectivity index (χ2n) is 6.05. The van der Waals surface area contributed by atoms with Crippen LogP contribution in [0.1, 0.15) is 25.8 Å². The summed E-state index contributed by atoms with van der Waals surface area (Å²) in [6, 6.07) is 12.3. The summed E-state index contributed by atoms with van der Waals surface area (Å²) in [5.41, 5.74) is 1.71. The lowest BCUT2D eigenvalue weighted by Gasteiger charge is -2.52. The topological polar surface area (TPSA) is 54.1 Å². The van der Waals surface area contributed by atoms with Crippen LogP contribution in [0.2, 0.25) is 0 Å². The van der Waals surface area contributed by atoms with Crippen molar-refractivity contribution in [2.24, 2.45) is 0 Å². The summed E-state index contributed by atoms with van der Waals surface area (Å²) in [6.45, 7) is 6.24. The number of benzene rings is 1. The van der Waals surface area contributed by atoms with E-state index in [4.69, 9.17) is 10.5 Å². The average Bonchev–Trinajstić information content (AvgIpc) is 2.38. The van der Waals surface area contributed by atoms with Crippen LogP contribution in [0, 0.1) is 22.7 Å². The molecule has 1 aromatic rings. The van der Waals surface area contributed by atoms with Gasteiger partial charge in [-0.05, 0) is 45.2 Å². The number of hydrogen-bond donors (Lipinski definition) is 0. The zero-order valence-electron chi connectivity index (χ0n) is 12.3. The molecule has 0 aliphatic carbocycles. The quantitative estimate of drug-likeness (QED) is 0.826. The zero-order valence-corrected chi connectivity index (χ0v) is 12.3. The lowest BCUT2D eigenvalue weighted by atomic mass is 9.92. The van der Waals surface area contributed by atoms with Crippen LogP contribution in [0.3, 0.4) is 0 Å². The van der Waals surface area contributed by atoms with Gasteiger partial charge >= 0.3 is 0 Å². The van der Waals surface area contributed by atoms with E-state index in [0.29, 0.717) is 12.0 Å². The average molecular weight is 268 g/mol. The lowest BCUT2D eigenvalue weighted by molar-refractivity contribution is 0.181. The Hall–Kier alpha value is -2.04. The van der Waals surface area contributed by atoms with E-state index in [1.165, 1.54) is 0 Å². The predicted molar refractivity (Wildman–Crippen MR) is 79.2 cm³/mol. The molecule has 1 aromatic carbocycles. The first kappa shape index (κ1) is 14.4. The first-order valence-corrected chi connectivity index (χ1v) is 6.83. The Morgan fingerprint density at radius 1 is 1.25 bits per heavy atom. The van der Waals surface area contributed by atoms with Gasteiger partial charge in [-0.1, -0.05) is 0 Å². The summed E-state index contributed by atoms with van der Waals surface area (Å²) in [5, 5.41) is 18.0. The molecule has 1 saturated heterocycles. The molecule has 0 amide bonds. The third-order valence-electron chi connectivity index (χ3n) is 3.80. The normalized spacial score (nSPS) is 22.1. The summed E-state index contributed by atoms with van der Waals surface area (Å²) in [4.78, 5) is 4.61. The van der Waals surface area contributed by atoms with Gasteiger partial charge in [0, 0.05) is 24.3 Å². The van der Waals surface area contributed by atoms with Crippen LogP contribution in [0.4, 0.5) is 5.69 Å². The van der Waals surface area contributed by atoms with Gasteiger partial charge in [-0.3, -0.25) is 0 Å². The van der Waals surface area contributed by atoms with Crippen molar-refractivity contribution in [3.8, 4) is 12.1 Å². The van der Waals surface area contributed by atoms with Crippen molar-refractivity contribution in [1.29, 1.82) is 10.5 Å². The molecule has 2 rings (SSSR count). The maximum atomic E-state index is 9.08. The second-order valence-corrected chi connectivity index (χ2v) is 6.05. The molecule has 20 heavy (non-hydrogen) atoms. The van der Waals surface area contributed by atoms with Gasteiger partial charge in [0.2, 0.25) is 0 Å². The minimum Gasteiger partial charge on any atom is -0.360 e. The van der Waals surface area contributed by atoms with E-state index in [2.05, 4.69) is 42.8 Å². The van der Waals surface area contributed by atoms with Gasteiger partial charge < -0.3 is 9.80 Å². The maximum absolute atomic E-state index is 9.08. The first-order valence-electron chi connectivity index (χ1n) is 6.83. The number of nitrogens with zero attached hydrogens (tertiary/aromatic N) is 4. The Balaban J connectivity index is 2.37. The van der Waals surface area contributed by atoms with Crippen molar-refractivity contribution in [2.45, 2.75) is 31.8 Å². The minimum atomic E-state index is -0.0390. The van der Waals surface area contributed by atoms with Crippen molar-refractivity contribution in [2.75, 3.05) is 25.0 Å². The molecule has 4 nitrogen and oxygen atoms in total. The molecular weight excluding hydrogens is 248 g/mol. The van der Waals surface area contributed by atoms with E-state index in [1.54, 1.807) is 0 Å². The van der Waals surface area contributed by atoms with E-state index >= 15 is 0 Å². The third-order valence-corrected chi connectivity index (χ3v) is 3.80. The molecule has 0 bridgehead atoms. The van der Waals surface area contributed by atoms with Gasteiger partial charge in [0.25, 0.3) is 0 Å². The summed E-state index contributed by atoms with van der Waals surface area (Å²) in [7, 11) is 2.10. The molecule has 0 radical (unpaired) electrons. The Morgan fingerprint density at radius 2 is 1.90 bits per heavy atom. The van der Waals surface area contributed by atoms with Crippen LogP contribution in [0.5, 0.6) is 0 Å². The van der Waals surface area contributed by atoms with Crippen molar-refractivity contribution in [3.05, 3.63) is 29.8 Å². The largest absolute Gasteiger partial charge is 0.360 e. The van der Waals surface area contributed by atoms with Crippen molar-refractivity contribution >= 4 is 5.69 Å². The van der Waals surface area contributed by atoms with Crippen molar-refractivity contribution in [3.63, 3.8) is 0 Å². The van der Waals surface area contributed by atoms with Gasteiger partial charge in [0.1, 0.15) is 0 Å². The van der Waals surface area contributed by atoms with Gasteiger partial charge in [-0.15, -0.1) is 0 Å². The number of rotatable bonds is 2. The number of anilines is 1. The molecule has 1 aliphatic heterocycles. The van der Waals surface area contributed by atoms with E-state index in [9.17, 15) is 0 Å². The summed E-state index contributed by atoms with van der Waals surface area (Å²) >= 11 is 0.